The van der Waals surface area contributed by atoms with E-state index in [4.69, 9.17) is 14.2 Å². The number of aliphatic carboxylic acids is 1. The fraction of sp³-hybridized carbons (Fsp3) is 0.188. The van der Waals surface area contributed by atoms with Crippen molar-refractivity contribution in [1.82, 2.24) is 0 Å². The maximum atomic E-state index is 11.5. The monoisotopic (exact) mass is 320 g/mol. The number of carbonyl (C=O) groups is 1. The molecule has 0 spiro atoms. The molecule has 0 fully saturated rings. The molecule has 2 aromatic rings. The van der Waals surface area contributed by atoms with Gasteiger partial charge in [-0.15, -0.1) is 11.3 Å². The summed E-state index contributed by atoms with van der Waals surface area (Å²) >= 11 is 1.36. The highest BCUT2D eigenvalue weighted by Crippen LogP contribution is 2.36. The fourth-order valence-electron chi connectivity index (χ4n) is 1.99. The van der Waals surface area contributed by atoms with Gasteiger partial charge in [0.15, 0.2) is 11.5 Å². The van der Waals surface area contributed by atoms with Gasteiger partial charge in [-0.3, -0.25) is 0 Å². The Kier molecular flexibility index (Phi) is 5.06. The molecule has 0 bridgehead atoms. The largest absolute Gasteiger partial charge is 0.496 e. The zero-order valence-corrected chi connectivity index (χ0v) is 13.3. The summed E-state index contributed by atoms with van der Waals surface area (Å²) in [7, 11) is 4.57. The van der Waals surface area contributed by atoms with Gasteiger partial charge in [-0.05, 0) is 23.6 Å². The Balaban J connectivity index is 2.59. The third kappa shape index (κ3) is 3.23. The van der Waals surface area contributed by atoms with Crippen molar-refractivity contribution in [2.45, 2.75) is 0 Å². The molecule has 5 nitrogen and oxygen atoms in total. The van der Waals surface area contributed by atoms with Crippen LogP contribution in [0.1, 0.15) is 10.4 Å². The molecule has 0 radical (unpaired) electrons. The highest BCUT2D eigenvalue weighted by atomic mass is 32.1. The van der Waals surface area contributed by atoms with E-state index in [2.05, 4.69) is 0 Å². The van der Waals surface area contributed by atoms with E-state index < -0.39 is 5.97 Å². The predicted molar refractivity (Wildman–Crippen MR) is 85.9 cm³/mol. The number of ether oxygens (including phenoxy) is 3. The van der Waals surface area contributed by atoms with Crippen LogP contribution in [0.4, 0.5) is 0 Å². The molecule has 22 heavy (non-hydrogen) atoms. The van der Waals surface area contributed by atoms with Crippen molar-refractivity contribution in [3.8, 4) is 17.2 Å². The number of benzene rings is 1. The molecule has 116 valence electrons. The maximum absolute atomic E-state index is 11.5. The van der Waals surface area contributed by atoms with Crippen molar-refractivity contribution in [2.75, 3.05) is 21.3 Å². The molecule has 0 aliphatic carbocycles. The van der Waals surface area contributed by atoms with Gasteiger partial charge >= 0.3 is 5.97 Å². The summed E-state index contributed by atoms with van der Waals surface area (Å²) < 4.78 is 15.8. The Labute approximate surface area is 132 Å². The lowest BCUT2D eigenvalue weighted by Gasteiger charge is -2.12. The lowest BCUT2D eigenvalue weighted by atomic mass is 10.1. The van der Waals surface area contributed by atoms with Crippen molar-refractivity contribution in [2.24, 2.45) is 0 Å². The zero-order chi connectivity index (χ0) is 16.1. The van der Waals surface area contributed by atoms with Crippen LogP contribution in [0, 0.1) is 0 Å². The number of rotatable bonds is 6. The summed E-state index contributed by atoms with van der Waals surface area (Å²) in [5, 5.41) is 11.3. The van der Waals surface area contributed by atoms with Crippen LogP contribution in [0.2, 0.25) is 0 Å². The first-order chi connectivity index (χ1) is 10.6. The lowest BCUT2D eigenvalue weighted by Crippen LogP contribution is -1.99. The summed E-state index contributed by atoms with van der Waals surface area (Å²) in [6, 6.07) is 6.92. The molecule has 0 unspecified atom stereocenters. The van der Waals surface area contributed by atoms with Gasteiger partial charge in [-0.1, -0.05) is 6.07 Å². The molecule has 1 aromatic heterocycles. The third-order valence-corrected chi connectivity index (χ3v) is 3.96. The first-order valence-corrected chi connectivity index (χ1v) is 7.27. The minimum absolute atomic E-state index is 0.195. The third-order valence-electron chi connectivity index (χ3n) is 3.05. The van der Waals surface area contributed by atoms with Gasteiger partial charge in [0.1, 0.15) is 5.75 Å². The molecule has 0 aliphatic heterocycles. The van der Waals surface area contributed by atoms with Crippen molar-refractivity contribution in [3.63, 3.8) is 0 Å². The summed E-state index contributed by atoms with van der Waals surface area (Å²) in [5.74, 6) is 0.530. The maximum Gasteiger partial charge on any atom is 0.337 e. The van der Waals surface area contributed by atoms with Gasteiger partial charge in [-0.25, -0.2) is 4.79 Å². The quantitative estimate of drug-likeness (QED) is 0.826. The molecule has 6 heteroatoms. The molecule has 0 saturated heterocycles. The second kappa shape index (κ2) is 7.00. The van der Waals surface area contributed by atoms with Crippen molar-refractivity contribution in [1.29, 1.82) is 0 Å². The number of thiophene rings is 1. The van der Waals surface area contributed by atoms with Crippen LogP contribution < -0.4 is 14.2 Å². The van der Waals surface area contributed by atoms with Crippen molar-refractivity contribution in [3.05, 3.63) is 40.1 Å². The van der Waals surface area contributed by atoms with E-state index in [0.29, 0.717) is 27.7 Å². The van der Waals surface area contributed by atoms with Crippen LogP contribution in [0.5, 0.6) is 17.2 Å². The standard InChI is InChI=1S/C16H16O5S/c1-19-12-9-14(21-3)13(20-2)8-10(12)7-11(16(17)18)15-5-4-6-22-15/h4-9H,1-3H3,(H,17,18)/b11-7-. The van der Waals surface area contributed by atoms with E-state index in [1.807, 2.05) is 11.4 Å². The minimum Gasteiger partial charge on any atom is -0.496 e. The SMILES string of the molecule is COc1cc(OC)c(OC)cc1/C=C(\C(=O)O)c1cccs1. The topological polar surface area (TPSA) is 65.0 Å². The fourth-order valence-corrected chi connectivity index (χ4v) is 2.73. The zero-order valence-electron chi connectivity index (χ0n) is 12.5. The number of carboxylic acids is 1. The Morgan fingerprint density at radius 2 is 1.73 bits per heavy atom. The second-order valence-corrected chi connectivity index (χ2v) is 5.24. The van der Waals surface area contributed by atoms with E-state index in [0.717, 1.165) is 0 Å². The second-order valence-electron chi connectivity index (χ2n) is 4.29. The van der Waals surface area contributed by atoms with Gasteiger partial charge in [0.05, 0.1) is 26.9 Å². The van der Waals surface area contributed by atoms with E-state index in [9.17, 15) is 9.90 Å². The number of hydrogen-bond acceptors (Lipinski definition) is 5. The lowest BCUT2D eigenvalue weighted by molar-refractivity contribution is -0.130. The van der Waals surface area contributed by atoms with Crippen LogP contribution >= 0.6 is 11.3 Å². The van der Waals surface area contributed by atoms with Gasteiger partial charge in [0, 0.05) is 16.5 Å². The molecule has 0 aliphatic rings. The van der Waals surface area contributed by atoms with Crippen LogP contribution in [0.3, 0.4) is 0 Å². The Hall–Kier alpha value is -2.47. The van der Waals surface area contributed by atoms with Gasteiger partial charge < -0.3 is 19.3 Å². The minimum atomic E-state index is -1.00. The number of carboxylic acid groups (broad SMARTS) is 1. The van der Waals surface area contributed by atoms with Crippen molar-refractivity contribution >= 4 is 29.0 Å². The van der Waals surface area contributed by atoms with Crippen LogP contribution in [-0.2, 0) is 4.79 Å². The first-order valence-electron chi connectivity index (χ1n) is 6.39. The number of hydrogen-bond donors (Lipinski definition) is 1. The molecule has 0 atom stereocenters. The summed E-state index contributed by atoms with van der Waals surface area (Å²) in [5.41, 5.74) is 0.798. The molecule has 1 N–H and O–H groups in total. The average molecular weight is 320 g/mol. The van der Waals surface area contributed by atoms with Gasteiger partial charge in [0.2, 0.25) is 0 Å². The molecule has 2 rings (SSSR count). The molecule has 1 heterocycles. The molecular formula is C16H16O5S. The summed E-state index contributed by atoms with van der Waals surface area (Å²) in [6.45, 7) is 0. The van der Waals surface area contributed by atoms with Gasteiger partial charge in [-0.2, -0.15) is 0 Å². The summed E-state index contributed by atoms with van der Waals surface area (Å²) in [6.07, 6.45) is 1.56. The van der Waals surface area contributed by atoms with Crippen LogP contribution in [0.25, 0.3) is 11.6 Å². The molecule has 1 aromatic carbocycles. The van der Waals surface area contributed by atoms with Crippen molar-refractivity contribution < 1.29 is 24.1 Å². The van der Waals surface area contributed by atoms with E-state index in [1.165, 1.54) is 32.7 Å². The Morgan fingerprint density at radius 3 is 2.23 bits per heavy atom. The average Bonchev–Trinajstić information content (AvgIpc) is 3.05. The summed E-state index contributed by atoms with van der Waals surface area (Å²) in [4.78, 5) is 12.2. The Morgan fingerprint density at radius 1 is 1.09 bits per heavy atom. The normalized spacial score (nSPS) is 11.1. The smallest absolute Gasteiger partial charge is 0.337 e. The molecule has 0 amide bonds. The van der Waals surface area contributed by atoms with Crippen LogP contribution in [-0.4, -0.2) is 32.4 Å². The molecule has 0 saturated carbocycles. The highest BCUT2D eigenvalue weighted by Gasteiger charge is 2.15. The predicted octanol–water partition coefficient (Wildman–Crippen LogP) is 3.40. The van der Waals surface area contributed by atoms with E-state index in [-0.39, 0.29) is 5.57 Å². The highest BCUT2D eigenvalue weighted by molar-refractivity contribution is 7.11. The van der Waals surface area contributed by atoms with Crippen LogP contribution in [0.15, 0.2) is 29.6 Å². The van der Waals surface area contributed by atoms with Gasteiger partial charge in [0.25, 0.3) is 0 Å². The molecular weight excluding hydrogens is 304 g/mol. The number of methoxy groups -OCH3 is 3. The van der Waals surface area contributed by atoms with E-state index >= 15 is 0 Å². The first kappa shape index (κ1) is 15.9. The Bertz CT molecular complexity index is 689. The van der Waals surface area contributed by atoms with E-state index in [1.54, 1.807) is 24.3 Å².